The predicted octanol–water partition coefficient (Wildman–Crippen LogP) is 5.81. The molecule has 0 bridgehead atoms. The Morgan fingerprint density at radius 1 is 0.966 bits per heavy atom. The van der Waals surface area contributed by atoms with Crippen molar-refractivity contribution in [1.82, 2.24) is 0 Å². The number of hydrogen-bond acceptors (Lipinski definition) is 3. The zero-order valence-electron chi connectivity index (χ0n) is 15.5. The topological polar surface area (TPSA) is 35.5 Å². The summed E-state index contributed by atoms with van der Waals surface area (Å²) in [5, 5.41) is 0. The highest BCUT2D eigenvalue weighted by molar-refractivity contribution is 6.69. The van der Waals surface area contributed by atoms with E-state index in [2.05, 4.69) is 15.7 Å². The molecule has 2 unspecified atom stereocenters. The van der Waals surface area contributed by atoms with Crippen LogP contribution in [-0.2, 0) is 14.0 Å². The van der Waals surface area contributed by atoms with Crippen molar-refractivity contribution in [2.75, 3.05) is 0 Å². The molecule has 3 nitrogen and oxygen atoms in total. The molecule has 0 aliphatic carbocycles. The van der Waals surface area contributed by atoms with Gasteiger partial charge in [0.05, 0.1) is 0 Å². The maximum absolute atomic E-state index is 15.0. The van der Waals surface area contributed by atoms with E-state index in [-0.39, 0.29) is 0 Å². The van der Waals surface area contributed by atoms with Crippen LogP contribution in [0, 0.1) is 0 Å². The summed E-state index contributed by atoms with van der Waals surface area (Å²) in [5.74, 6) is -7.26. The maximum Gasteiger partial charge on any atom is 0.422 e. The highest BCUT2D eigenvalue weighted by Gasteiger charge is 2.63. The molecule has 2 atom stereocenters. The van der Waals surface area contributed by atoms with Gasteiger partial charge in [-0.25, -0.2) is 4.79 Å². The van der Waals surface area contributed by atoms with Gasteiger partial charge in [-0.2, -0.15) is 35.1 Å². The fourth-order valence-corrected chi connectivity index (χ4v) is 3.14. The molecule has 1 aromatic rings. The smallest absolute Gasteiger partial charge is 0.422 e. The van der Waals surface area contributed by atoms with Crippen molar-refractivity contribution in [3.8, 4) is 0 Å². The summed E-state index contributed by atoms with van der Waals surface area (Å²) in [6.45, 7) is 6.07. The van der Waals surface area contributed by atoms with Crippen LogP contribution in [0.2, 0.25) is 19.6 Å². The molecule has 0 spiro atoms. The van der Waals surface area contributed by atoms with Crippen molar-refractivity contribution in [1.29, 1.82) is 0 Å². The zero-order valence-corrected chi connectivity index (χ0v) is 16.5. The van der Waals surface area contributed by atoms with Crippen LogP contribution in [0.5, 0.6) is 0 Å². The summed E-state index contributed by atoms with van der Waals surface area (Å²) in [6.07, 6.45) is -17.6. The van der Waals surface area contributed by atoms with Crippen LogP contribution in [-0.4, -0.2) is 38.7 Å². The number of rotatable bonds is 7. The van der Waals surface area contributed by atoms with Crippen molar-refractivity contribution < 1.29 is 49.1 Å². The molecule has 0 fully saturated rings. The van der Waals surface area contributed by atoms with Crippen LogP contribution in [0.1, 0.15) is 11.7 Å². The van der Waals surface area contributed by atoms with Gasteiger partial charge in [0, 0.05) is 0 Å². The first-order valence-corrected chi connectivity index (χ1v) is 11.4. The van der Waals surface area contributed by atoms with E-state index >= 15 is 0 Å². The fourth-order valence-electron chi connectivity index (χ4n) is 2.15. The van der Waals surface area contributed by atoms with Crippen molar-refractivity contribution in [3.63, 3.8) is 0 Å². The second-order valence-electron chi connectivity index (χ2n) is 7.00. The monoisotopic (exact) mass is 450 g/mol. The largest absolute Gasteiger partial charge is 0.447 e. The van der Waals surface area contributed by atoms with E-state index in [1.54, 1.807) is 0 Å². The number of hydrogen-bond donors (Lipinski definition) is 0. The molecule has 29 heavy (non-hydrogen) atoms. The lowest BCUT2D eigenvalue weighted by atomic mass is 9.98. The quantitative estimate of drug-likeness (QED) is 0.228. The zero-order chi connectivity index (χ0) is 22.8. The summed E-state index contributed by atoms with van der Waals surface area (Å²) in [4.78, 5) is 11.7. The molecule has 1 rings (SSSR count). The first-order chi connectivity index (χ1) is 12.9. The van der Waals surface area contributed by atoms with Crippen molar-refractivity contribution in [2.45, 2.75) is 50.1 Å². The average Bonchev–Trinajstić information content (AvgIpc) is 2.54. The van der Waals surface area contributed by atoms with E-state index in [0.29, 0.717) is 0 Å². The van der Waals surface area contributed by atoms with Gasteiger partial charge in [-0.05, 0) is 25.2 Å². The molecule has 0 heterocycles. The molecule has 0 saturated carbocycles. The van der Waals surface area contributed by atoms with Gasteiger partial charge in [-0.15, -0.1) is 0 Å². The van der Waals surface area contributed by atoms with Crippen LogP contribution < -0.4 is 0 Å². The van der Waals surface area contributed by atoms with E-state index in [4.69, 9.17) is 0 Å². The van der Waals surface area contributed by atoms with E-state index in [9.17, 15) is 39.9 Å². The van der Waals surface area contributed by atoms with Gasteiger partial charge in [0.15, 0.2) is 14.4 Å². The number of benzene rings is 1. The second-order valence-corrected chi connectivity index (χ2v) is 11.5. The van der Waals surface area contributed by atoms with Gasteiger partial charge in [0.1, 0.15) is 5.57 Å². The third-order valence-electron chi connectivity index (χ3n) is 3.38. The summed E-state index contributed by atoms with van der Waals surface area (Å²) >= 11 is 0. The van der Waals surface area contributed by atoms with Gasteiger partial charge in [0.2, 0.25) is 6.10 Å². The number of carbonyl (C=O) groups is 1. The van der Waals surface area contributed by atoms with Crippen LogP contribution in [0.4, 0.5) is 35.1 Å². The van der Waals surface area contributed by atoms with Crippen LogP contribution in [0.3, 0.4) is 0 Å². The third-order valence-corrected chi connectivity index (χ3v) is 4.33. The van der Waals surface area contributed by atoms with Crippen LogP contribution >= 0.6 is 0 Å². The van der Waals surface area contributed by atoms with Gasteiger partial charge < -0.3 is 9.16 Å². The average molecular weight is 450 g/mol. The Labute approximate surface area is 162 Å². The minimum absolute atomic E-state index is 0.644. The van der Waals surface area contributed by atoms with E-state index in [0.717, 1.165) is 24.3 Å². The second kappa shape index (κ2) is 8.42. The summed E-state index contributed by atoms with van der Waals surface area (Å²) in [7, 11) is -3.22. The molecule has 0 saturated heterocycles. The standard InChI is InChI=1S/C17H18F8O3Si/c1-10(16(20,21)22)13(26)27-12(11-8-6-5-7-9-11)15(18,19)14(17(23,24)25)28-29(2,3)4/h5-9,12,14H,1H2,2-4H3. The maximum atomic E-state index is 15.0. The number of halogens is 8. The molecule has 0 amide bonds. The highest BCUT2D eigenvalue weighted by Crippen LogP contribution is 2.46. The fraction of sp³-hybridized carbons (Fsp3) is 0.471. The Balaban J connectivity index is 3.46. The van der Waals surface area contributed by atoms with Gasteiger partial charge >= 0.3 is 24.2 Å². The van der Waals surface area contributed by atoms with Gasteiger partial charge in [-0.1, -0.05) is 36.9 Å². The lowest BCUT2D eigenvalue weighted by molar-refractivity contribution is -0.288. The molecule has 0 aliphatic rings. The number of esters is 1. The normalized spacial score (nSPS) is 15.6. The Hall–Kier alpha value is -1.95. The molecular formula is C17H18F8O3Si. The summed E-state index contributed by atoms with van der Waals surface area (Å²) in [6, 6.07) is 5.41. The van der Waals surface area contributed by atoms with Crippen molar-refractivity contribution in [2.24, 2.45) is 0 Å². The summed E-state index contributed by atoms with van der Waals surface area (Å²) < 4.78 is 117. The Kier molecular flexibility index (Phi) is 7.28. The Morgan fingerprint density at radius 3 is 1.83 bits per heavy atom. The first-order valence-electron chi connectivity index (χ1n) is 8.01. The molecule has 0 aliphatic heterocycles. The third kappa shape index (κ3) is 6.80. The molecule has 164 valence electrons. The molecule has 12 heteroatoms. The Morgan fingerprint density at radius 2 is 1.45 bits per heavy atom. The predicted molar refractivity (Wildman–Crippen MR) is 89.7 cm³/mol. The van der Waals surface area contributed by atoms with E-state index < -0.39 is 55.9 Å². The molecular weight excluding hydrogens is 432 g/mol. The van der Waals surface area contributed by atoms with Gasteiger partial charge in [-0.3, -0.25) is 0 Å². The minimum atomic E-state index is -5.59. The van der Waals surface area contributed by atoms with Crippen molar-refractivity contribution in [3.05, 3.63) is 48.0 Å². The number of carbonyl (C=O) groups excluding carboxylic acids is 1. The first kappa shape index (κ1) is 25.1. The summed E-state index contributed by atoms with van der Waals surface area (Å²) in [5.41, 5.74) is -2.78. The molecule has 1 aromatic carbocycles. The number of alkyl halides is 8. The van der Waals surface area contributed by atoms with E-state index in [1.807, 2.05) is 0 Å². The van der Waals surface area contributed by atoms with Gasteiger partial charge in [0.25, 0.3) is 0 Å². The molecule has 0 N–H and O–H groups in total. The number of ether oxygens (including phenoxy) is 1. The lowest BCUT2D eigenvalue weighted by Crippen LogP contribution is -2.54. The van der Waals surface area contributed by atoms with Crippen molar-refractivity contribution >= 4 is 14.3 Å². The molecule has 0 radical (unpaired) electrons. The van der Waals surface area contributed by atoms with Crippen LogP contribution in [0.25, 0.3) is 0 Å². The minimum Gasteiger partial charge on any atom is -0.447 e. The SMILES string of the molecule is C=C(C(=O)OC(c1ccccc1)C(F)(F)C(O[Si](C)(C)C)C(F)(F)F)C(F)(F)F. The molecule has 0 aromatic heterocycles. The lowest BCUT2D eigenvalue weighted by Gasteiger charge is -2.37. The Bertz CT molecular complexity index is 723. The highest BCUT2D eigenvalue weighted by atomic mass is 28.4. The van der Waals surface area contributed by atoms with Crippen LogP contribution in [0.15, 0.2) is 42.5 Å². The van der Waals surface area contributed by atoms with E-state index in [1.165, 1.54) is 25.7 Å².